The third-order valence-corrected chi connectivity index (χ3v) is 3.26. The highest BCUT2D eigenvalue weighted by Gasteiger charge is 2.19. The molecule has 1 aromatic heterocycles. The fourth-order valence-electron chi connectivity index (χ4n) is 2.27. The molecule has 0 fully saturated rings. The lowest BCUT2D eigenvalue weighted by molar-refractivity contribution is 0.432. The normalized spacial score (nSPS) is 18.7. The molecule has 2 heterocycles. The van der Waals surface area contributed by atoms with Gasteiger partial charge in [-0.3, -0.25) is 0 Å². The SMILES string of the molecule is NC1CCn2nc(Cc3ccccc3F)nc2C1. The topological polar surface area (TPSA) is 56.7 Å². The minimum atomic E-state index is -0.207. The van der Waals surface area contributed by atoms with Crippen molar-refractivity contribution in [2.45, 2.75) is 31.8 Å². The van der Waals surface area contributed by atoms with Gasteiger partial charge in [-0.15, -0.1) is 0 Å². The van der Waals surface area contributed by atoms with E-state index >= 15 is 0 Å². The minimum Gasteiger partial charge on any atom is -0.327 e. The summed E-state index contributed by atoms with van der Waals surface area (Å²) in [7, 11) is 0. The van der Waals surface area contributed by atoms with Gasteiger partial charge in [0.2, 0.25) is 0 Å². The zero-order valence-electron chi connectivity index (χ0n) is 10.0. The van der Waals surface area contributed by atoms with Crippen molar-refractivity contribution >= 4 is 0 Å². The van der Waals surface area contributed by atoms with E-state index in [1.165, 1.54) is 6.07 Å². The van der Waals surface area contributed by atoms with Crippen LogP contribution in [-0.2, 0) is 19.4 Å². The highest BCUT2D eigenvalue weighted by atomic mass is 19.1. The van der Waals surface area contributed by atoms with Crippen LogP contribution < -0.4 is 5.73 Å². The van der Waals surface area contributed by atoms with Crippen LogP contribution in [0.15, 0.2) is 24.3 Å². The summed E-state index contributed by atoms with van der Waals surface area (Å²) in [4.78, 5) is 4.44. The van der Waals surface area contributed by atoms with Crippen molar-refractivity contribution in [1.82, 2.24) is 14.8 Å². The number of nitrogens with zero attached hydrogens (tertiary/aromatic N) is 3. The van der Waals surface area contributed by atoms with Crippen molar-refractivity contribution in [2.24, 2.45) is 5.73 Å². The van der Waals surface area contributed by atoms with Crippen molar-refractivity contribution in [2.75, 3.05) is 0 Å². The average Bonchev–Trinajstić information content (AvgIpc) is 2.73. The maximum atomic E-state index is 13.5. The van der Waals surface area contributed by atoms with Crippen molar-refractivity contribution in [3.05, 3.63) is 47.3 Å². The molecule has 94 valence electrons. The van der Waals surface area contributed by atoms with E-state index in [4.69, 9.17) is 5.73 Å². The summed E-state index contributed by atoms with van der Waals surface area (Å²) >= 11 is 0. The summed E-state index contributed by atoms with van der Waals surface area (Å²) in [5, 5.41) is 4.40. The molecule has 0 aliphatic carbocycles. The first-order chi connectivity index (χ1) is 8.72. The van der Waals surface area contributed by atoms with Gasteiger partial charge in [0, 0.05) is 25.4 Å². The van der Waals surface area contributed by atoms with Gasteiger partial charge in [0.25, 0.3) is 0 Å². The smallest absolute Gasteiger partial charge is 0.155 e. The van der Waals surface area contributed by atoms with Crippen molar-refractivity contribution in [3.8, 4) is 0 Å². The molecule has 0 bridgehead atoms. The summed E-state index contributed by atoms with van der Waals surface area (Å²) in [5.41, 5.74) is 6.52. The molecule has 0 spiro atoms. The standard InChI is InChI=1S/C13H15FN4/c14-11-4-2-1-3-9(11)7-12-16-13-8-10(15)5-6-18(13)17-12/h1-4,10H,5-8,15H2. The van der Waals surface area contributed by atoms with E-state index in [1.807, 2.05) is 10.7 Å². The number of nitrogens with two attached hydrogens (primary N) is 1. The Hall–Kier alpha value is -1.75. The van der Waals surface area contributed by atoms with Gasteiger partial charge in [0.1, 0.15) is 11.6 Å². The third kappa shape index (κ3) is 2.13. The number of halogens is 1. The van der Waals surface area contributed by atoms with Crippen LogP contribution in [0.1, 0.15) is 23.6 Å². The van der Waals surface area contributed by atoms with Crippen LogP contribution in [0, 0.1) is 5.82 Å². The molecular weight excluding hydrogens is 231 g/mol. The van der Waals surface area contributed by atoms with Crippen LogP contribution in [0.5, 0.6) is 0 Å². The van der Waals surface area contributed by atoms with E-state index < -0.39 is 0 Å². The molecule has 1 aliphatic rings. The van der Waals surface area contributed by atoms with Crippen LogP contribution in [0.3, 0.4) is 0 Å². The predicted octanol–water partition coefficient (Wildman–Crippen LogP) is 1.28. The number of aromatic nitrogens is 3. The van der Waals surface area contributed by atoms with Gasteiger partial charge >= 0.3 is 0 Å². The molecule has 0 saturated carbocycles. The summed E-state index contributed by atoms with van der Waals surface area (Å²) in [6.07, 6.45) is 2.11. The molecular formula is C13H15FN4. The fraction of sp³-hybridized carbons (Fsp3) is 0.385. The van der Waals surface area contributed by atoms with E-state index in [-0.39, 0.29) is 11.9 Å². The summed E-state index contributed by atoms with van der Waals surface area (Å²) < 4.78 is 15.4. The molecule has 0 amide bonds. The monoisotopic (exact) mass is 246 g/mol. The lowest BCUT2D eigenvalue weighted by Gasteiger charge is -2.17. The lowest BCUT2D eigenvalue weighted by Crippen LogP contribution is -2.31. The molecule has 18 heavy (non-hydrogen) atoms. The molecule has 1 atom stereocenters. The van der Waals surface area contributed by atoms with Gasteiger partial charge in [-0.2, -0.15) is 5.10 Å². The number of rotatable bonds is 2. The van der Waals surface area contributed by atoms with E-state index in [2.05, 4.69) is 10.1 Å². The highest BCUT2D eigenvalue weighted by Crippen LogP contribution is 2.15. The van der Waals surface area contributed by atoms with Crippen molar-refractivity contribution in [1.29, 1.82) is 0 Å². The van der Waals surface area contributed by atoms with Crippen LogP contribution in [0.2, 0.25) is 0 Å². The Balaban J connectivity index is 1.84. The summed E-state index contributed by atoms with van der Waals surface area (Å²) in [5.74, 6) is 1.38. The second kappa shape index (κ2) is 4.49. The summed E-state index contributed by atoms with van der Waals surface area (Å²) in [6, 6.07) is 6.90. The van der Waals surface area contributed by atoms with Gasteiger partial charge in [-0.1, -0.05) is 18.2 Å². The van der Waals surface area contributed by atoms with E-state index in [1.54, 1.807) is 12.1 Å². The first-order valence-corrected chi connectivity index (χ1v) is 6.14. The second-order valence-corrected chi connectivity index (χ2v) is 4.69. The number of hydrogen-bond donors (Lipinski definition) is 1. The van der Waals surface area contributed by atoms with E-state index in [9.17, 15) is 4.39 Å². The van der Waals surface area contributed by atoms with Crippen LogP contribution in [0.4, 0.5) is 4.39 Å². The highest BCUT2D eigenvalue weighted by molar-refractivity contribution is 5.21. The maximum Gasteiger partial charge on any atom is 0.155 e. The molecule has 5 heteroatoms. The first-order valence-electron chi connectivity index (χ1n) is 6.14. The molecule has 1 unspecified atom stereocenters. The van der Waals surface area contributed by atoms with Gasteiger partial charge in [-0.25, -0.2) is 14.1 Å². The van der Waals surface area contributed by atoms with Gasteiger partial charge in [0.15, 0.2) is 5.82 Å². The largest absolute Gasteiger partial charge is 0.327 e. The van der Waals surface area contributed by atoms with E-state index in [0.717, 1.165) is 25.2 Å². The maximum absolute atomic E-state index is 13.5. The van der Waals surface area contributed by atoms with Gasteiger partial charge in [0.05, 0.1) is 0 Å². The Morgan fingerprint density at radius 1 is 1.39 bits per heavy atom. The van der Waals surface area contributed by atoms with Gasteiger partial charge in [-0.05, 0) is 18.1 Å². The van der Waals surface area contributed by atoms with E-state index in [0.29, 0.717) is 17.8 Å². The average molecular weight is 246 g/mol. The minimum absolute atomic E-state index is 0.169. The fourth-order valence-corrected chi connectivity index (χ4v) is 2.27. The lowest BCUT2D eigenvalue weighted by atomic mass is 10.1. The Bertz CT molecular complexity index is 564. The quantitative estimate of drug-likeness (QED) is 0.868. The Morgan fingerprint density at radius 3 is 3.06 bits per heavy atom. The third-order valence-electron chi connectivity index (χ3n) is 3.26. The van der Waals surface area contributed by atoms with Crippen molar-refractivity contribution in [3.63, 3.8) is 0 Å². The Labute approximate surface area is 105 Å². The number of aryl methyl sites for hydroxylation is 1. The van der Waals surface area contributed by atoms with Crippen molar-refractivity contribution < 1.29 is 4.39 Å². The predicted molar refractivity (Wildman–Crippen MR) is 65.5 cm³/mol. The van der Waals surface area contributed by atoms with Crippen LogP contribution in [0.25, 0.3) is 0 Å². The number of benzene rings is 1. The Kier molecular flexibility index (Phi) is 2.83. The zero-order valence-corrected chi connectivity index (χ0v) is 10.0. The number of fused-ring (bicyclic) bond motifs is 1. The number of hydrogen-bond acceptors (Lipinski definition) is 3. The molecule has 0 saturated heterocycles. The molecule has 1 aromatic carbocycles. The molecule has 2 aromatic rings. The Morgan fingerprint density at radius 2 is 2.22 bits per heavy atom. The molecule has 2 N–H and O–H groups in total. The van der Waals surface area contributed by atoms with Crippen LogP contribution in [-0.4, -0.2) is 20.8 Å². The molecule has 1 aliphatic heterocycles. The molecule has 0 radical (unpaired) electrons. The summed E-state index contributed by atoms with van der Waals surface area (Å²) in [6.45, 7) is 0.806. The van der Waals surface area contributed by atoms with Gasteiger partial charge < -0.3 is 5.73 Å². The molecule has 3 rings (SSSR count). The molecule has 4 nitrogen and oxygen atoms in total. The zero-order chi connectivity index (χ0) is 12.5. The first kappa shape index (κ1) is 11.3. The van der Waals surface area contributed by atoms with Crippen LogP contribution >= 0.6 is 0 Å². The second-order valence-electron chi connectivity index (χ2n) is 4.69.